The van der Waals surface area contributed by atoms with E-state index in [1.54, 1.807) is 0 Å². The Kier molecular flexibility index (Phi) is 16.3. The van der Waals surface area contributed by atoms with Gasteiger partial charge in [0, 0.05) is 38.6 Å². The van der Waals surface area contributed by atoms with Crippen LogP contribution in [0.3, 0.4) is 0 Å². The van der Waals surface area contributed by atoms with Crippen molar-refractivity contribution < 1.29 is 19.0 Å². The summed E-state index contributed by atoms with van der Waals surface area (Å²) in [6.45, 7) is 12.2. The molecule has 0 aromatic rings. The second-order valence-corrected chi connectivity index (χ2v) is 6.68. The maximum atomic E-state index is 11.7. The first-order chi connectivity index (χ1) is 11.5. The van der Waals surface area contributed by atoms with Crippen LogP contribution in [-0.4, -0.2) is 45.4 Å². The molecule has 0 unspecified atom stereocenters. The third-order valence-electron chi connectivity index (χ3n) is 3.27. The van der Waals surface area contributed by atoms with Gasteiger partial charge < -0.3 is 14.2 Å². The average Bonchev–Trinajstić information content (AvgIpc) is 2.51. The molecule has 0 radical (unpaired) electrons. The molecule has 0 atom stereocenters. The van der Waals surface area contributed by atoms with Gasteiger partial charge in [-0.2, -0.15) is 0 Å². The van der Waals surface area contributed by atoms with Gasteiger partial charge in [-0.1, -0.05) is 39.5 Å². The predicted molar refractivity (Wildman–Crippen MR) is 98.0 cm³/mol. The highest BCUT2D eigenvalue weighted by Gasteiger charge is 2.02. The predicted octanol–water partition coefficient (Wildman–Crippen LogP) is 3.87. The van der Waals surface area contributed by atoms with Gasteiger partial charge in [0.25, 0.3) is 0 Å². The molecule has 0 amide bonds. The molecule has 24 heavy (non-hydrogen) atoms. The Morgan fingerprint density at radius 3 is 2.00 bits per heavy atom. The number of carbonyl (C=O) groups excluding carboxylic acids is 1. The van der Waals surface area contributed by atoms with Gasteiger partial charge in [-0.05, 0) is 25.2 Å². The fraction of sp³-hybridized carbons (Fsp3) is 0.850. The first kappa shape index (κ1) is 23.1. The van der Waals surface area contributed by atoms with Crippen LogP contribution >= 0.6 is 0 Å². The van der Waals surface area contributed by atoms with E-state index in [4.69, 9.17) is 14.2 Å². The molecule has 0 saturated carbocycles. The van der Waals surface area contributed by atoms with E-state index in [-0.39, 0.29) is 5.78 Å². The van der Waals surface area contributed by atoms with Crippen molar-refractivity contribution in [2.45, 2.75) is 59.8 Å². The Morgan fingerprint density at radius 2 is 1.42 bits per heavy atom. The van der Waals surface area contributed by atoms with Gasteiger partial charge in [0.2, 0.25) is 0 Å². The van der Waals surface area contributed by atoms with Crippen molar-refractivity contribution in [3.05, 3.63) is 0 Å². The number of carbonyl (C=O) groups is 1. The summed E-state index contributed by atoms with van der Waals surface area (Å²) in [7, 11) is 0. The van der Waals surface area contributed by atoms with Crippen LogP contribution in [0.15, 0.2) is 0 Å². The Balaban J connectivity index is 3.26. The number of Topliss-reactive ketones (excluding diaryl/α,β-unsaturated/α-hetero) is 1. The molecule has 0 aliphatic heterocycles. The summed E-state index contributed by atoms with van der Waals surface area (Å²) >= 11 is 0. The molecule has 140 valence electrons. The van der Waals surface area contributed by atoms with E-state index in [9.17, 15) is 4.79 Å². The Bertz CT molecular complexity index is 352. The lowest BCUT2D eigenvalue weighted by molar-refractivity contribution is -0.119. The molecule has 4 heteroatoms. The smallest absolute Gasteiger partial charge is 0.133 e. The standard InChI is InChI=1S/C20H36O4/c1-18(2)8-5-12-22-13-6-9-20(21)10-7-14-23-16-17-24-15-11-19(3)4/h18-19H,6-7,9-17H2,1-4H3. The fourth-order valence-corrected chi connectivity index (χ4v) is 1.88. The zero-order valence-corrected chi connectivity index (χ0v) is 16.1. The van der Waals surface area contributed by atoms with Crippen LogP contribution in [0, 0.1) is 23.7 Å². The lowest BCUT2D eigenvalue weighted by Gasteiger charge is -2.07. The number of rotatable bonds is 15. The summed E-state index contributed by atoms with van der Waals surface area (Å²) in [4.78, 5) is 11.7. The highest BCUT2D eigenvalue weighted by Crippen LogP contribution is 2.01. The molecule has 0 aromatic heterocycles. The molecule has 0 bridgehead atoms. The molecule has 0 aromatic carbocycles. The van der Waals surface area contributed by atoms with Crippen molar-refractivity contribution in [1.29, 1.82) is 0 Å². The molecule has 0 heterocycles. The van der Waals surface area contributed by atoms with Crippen LogP contribution in [0.1, 0.15) is 59.8 Å². The topological polar surface area (TPSA) is 44.8 Å². The average molecular weight is 341 g/mol. The first-order valence-corrected chi connectivity index (χ1v) is 9.25. The van der Waals surface area contributed by atoms with Crippen LogP contribution in [0.5, 0.6) is 0 Å². The van der Waals surface area contributed by atoms with Crippen molar-refractivity contribution in [2.75, 3.05) is 39.6 Å². The largest absolute Gasteiger partial charge is 0.379 e. The highest BCUT2D eigenvalue weighted by atomic mass is 16.5. The minimum Gasteiger partial charge on any atom is -0.379 e. The number of ether oxygens (including phenoxy) is 3. The van der Waals surface area contributed by atoms with Gasteiger partial charge in [-0.3, -0.25) is 4.79 Å². The maximum Gasteiger partial charge on any atom is 0.133 e. The molecule has 4 nitrogen and oxygen atoms in total. The summed E-state index contributed by atoms with van der Waals surface area (Å²) in [5.41, 5.74) is 0. The summed E-state index contributed by atoms with van der Waals surface area (Å²) in [5.74, 6) is 7.34. The first-order valence-electron chi connectivity index (χ1n) is 9.25. The zero-order chi connectivity index (χ0) is 18.0. The molecular weight excluding hydrogens is 304 g/mol. The van der Waals surface area contributed by atoms with Crippen molar-refractivity contribution in [3.63, 3.8) is 0 Å². The third kappa shape index (κ3) is 19.2. The molecule has 0 fully saturated rings. The van der Waals surface area contributed by atoms with Gasteiger partial charge in [-0.15, -0.1) is 0 Å². The second kappa shape index (κ2) is 17.0. The Morgan fingerprint density at radius 1 is 0.833 bits per heavy atom. The molecule has 0 rings (SSSR count). The van der Waals surface area contributed by atoms with Crippen LogP contribution in [-0.2, 0) is 19.0 Å². The minimum absolute atomic E-state index is 0.281. The normalized spacial score (nSPS) is 10.9. The van der Waals surface area contributed by atoms with E-state index in [1.807, 2.05) is 0 Å². The van der Waals surface area contributed by atoms with E-state index < -0.39 is 0 Å². The van der Waals surface area contributed by atoms with Crippen LogP contribution in [0.2, 0.25) is 0 Å². The van der Waals surface area contributed by atoms with Crippen LogP contribution < -0.4 is 0 Å². The maximum absolute atomic E-state index is 11.7. The van der Waals surface area contributed by atoms with Crippen LogP contribution in [0.4, 0.5) is 0 Å². The van der Waals surface area contributed by atoms with E-state index >= 15 is 0 Å². The third-order valence-corrected chi connectivity index (χ3v) is 3.27. The molecule has 0 aliphatic rings. The van der Waals surface area contributed by atoms with Gasteiger partial charge in [0.05, 0.1) is 13.2 Å². The summed E-state index contributed by atoms with van der Waals surface area (Å²) in [5, 5.41) is 0. The molecule has 0 saturated heterocycles. The van der Waals surface area contributed by atoms with Gasteiger partial charge >= 0.3 is 0 Å². The van der Waals surface area contributed by atoms with Crippen molar-refractivity contribution in [1.82, 2.24) is 0 Å². The highest BCUT2D eigenvalue weighted by molar-refractivity contribution is 5.78. The fourth-order valence-electron chi connectivity index (χ4n) is 1.88. The number of hydrogen-bond donors (Lipinski definition) is 0. The van der Waals surface area contributed by atoms with Gasteiger partial charge in [-0.25, -0.2) is 0 Å². The van der Waals surface area contributed by atoms with Crippen molar-refractivity contribution in [3.8, 4) is 11.8 Å². The number of hydrogen-bond acceptors (Lipinski definition) is 4. The van der Waals surface area contributed by atoms with E-state index in [0.717, 1.165) is 25.9 Å². The van der Waals surface area contributed by atoms with E-state index in [0.29, 0.717) is 57.7 Å². The SMILES string of the molecule is CC(C)C#CCOCCCC(=O)CCCOCCOCCC(C)C. The van der Waals surface area contributed by atoms with E-state index in [1.165, 1.54) is 0 Å². The molecular formula is C20H36O4. The Labute approximate surface area is 148 Å². The minimum atomic E-state index is 0.281. The molecule has 0 N–H and O–H groups in total. The lowest BCUT2D eigenvalue weighted by Crippen LogP contribution is -2.08. The van der Waals surface area contributed by atoms with Gasteiger partial charge in [0.1, 0.15) is 12.4 Å². The molecule has 0 spiro atoms. The monoisotopic (exact) mass is 340 g/mol. The lowest BCUT2D eigenvalue weighted by atomic mass is 10.1. The zero-order valence-electron chi connectivity index (χ0n) is 16.1. The summed E-state index contributed by atoms with van der Waals surface area (Å²) in [6.07, 6.45) is 3.80. The van der Waals surface area contributed by atoms with Crippen molar-refractivity contribution in [2.24, 2.45) is 11.8 Å². The summed E-state index contributed by atoms with van der Waals surface area (Å²) < 4.78 is 16.3. The Hall–Kier alpha value is -0.890. The summed E-state index contributed by atoms with van der Waals surface area (Å²) in [6, 6.07) is 0. The van der Waals surface area contributed by atoms with E-state index in [2.05, 4.69) is 39.5 Å². The quantitative estimate of drug-likeness (QED) is 0.335. The second-order valence-electron chi connectivity index (χ2n) is 6.68. The van der Waals surface area contributed by atoms with Crippen LogP contribution in [0.25, 0.3) is 0 Å². The van der Waals surface area contributed by atoms with Crippen molar-refractivity contribution >= 4 is 5.78 Å². The number of ketones is 1. The molecule has 0 aliphatic carbocycles. The van der Waals surface area contributed by atoms with Gasteiger partial charge in [0.15, 0.2) is 0 Å².